The van der Waals surface area contributed by atoms with E-state index in [1.165, 1.54) is 24.0 Å². The molecule has 1 N–H and O–H groups in total. The Morgan fingerprint density at radius 3 is 2.75 bits per heavy atom. The molecule has 0 radical (unpaired) electrons. The fraction of sp³-hybridized carbons (Fsp3) is 0.571. The summed E-state index contributed by atoms with van der Waals surface area (Å²) in [6, 6.07) is 9.23. The first-order chi connectivity index (χ1) is 7.81. The van der Waals surface area contributed by atoms with Crippen molar-refractivity contribution in [2.45, 2.75) is 38.8 Å². The van der Waals surface area contributed by atoms with Gasteiger partial charge >= 0.3 is 0 Å². The van der Waals surface area contributed by atoms with Crippen LogP contribution in [-0.4, -0.2) is 19.2 Å². The molecule has 16 heavy (non-hydrogen) atoms. The number of hydrogen-bond acceptors (Lipinski definition) is 2. The Hall–Kier alpha value is -0.860. The number of rotatable bonds is 6. The van der Waals surface area contributed by atoms with Crippen molar-refractivity contribution >= 4 is 0 Å². The van der Waals surface area contributed by atoms with Gasteiger partial charge in [0.2, 0.25) is 0 Å². The van der Waals surface area contributed by atoms with Crippen molar-refractivity contribution in [3.05, 3.63) is 35.4 Å². The molecule has 1 atom stereocenters. The Bertz CT molecular complexity index is 333. The van der Waals surface area contributed by atoms with E-state index < -0.39 is 0 Å². The van der Waals surface area contributed by atoms with Gasteiger partial charge in [-0.1, -0.05) is 24.3 Å². The van der Waals surface area contributed by atoms with E-state index in [9.17, 15) is 0 Å². The van der Waals surface area contributed by atoms with E-state index in [1.54, 1.807) is 0 Å². The molecule has 88 valence electrons. The average Bonchev–Trinajstić information content (AvgIpc) is 3.09. The van der Waals surface area contributed by atoms with Crippen LogP contribution in [0.5, 0.6) is 0 Å². The predicted octanol–water partition coefficient (Wildman–Crippen LogP) is 2.82. The molecule has 1 aromatic rings. The molecule has 0 saturated heterocycles. The Balaban J connectivity index is 2.01. The highest BCUT2D eigenvalue weighted by molar-refractivity contribution is 5.28. The van der Waals surface area contributed by atoms with Crippen molar-refractivity contribution in [2.24, 2.45) is 0 Å². The largest absolute Gasteiger partial charge is 0.372 e. The fourth-order valence-electron chi connectivity index (χ4n) is 1.97. The van der Waals surface area contributed by atoms with E-state index in [0.717, 1.165) is 19.2 Å². The van der Waals surface area contributed by atoms with Crippen LogP contribution in [0.1, 0.15) is 37.0 Å². The minimum absolute atomic E-state index is 0.201. The molecular formula is C14H21NO. The summed E-state index contributed by atoms with van der Waals surface area (Å²) >= 11 is 0. The highest BCUT2D eigenvalue weighted by Crippen LogP contribution is 2.23. The van der Waals surface area contributed by atoms with Crippen LogP contribution in [0.2, 0.25) is 0 Å². The molecule has 1 fully saturated rings. The van der Waals surface area contributed by atoms with Gasteiger partial charge in [-0.3, -0.25) is 0 Å². The fourth-order valence-corrected chi connectivity index (χ4v) is 1.97. The minimum atomic E-state index is 0.201. The van der Waals surface area contributed by atoms with E-state index in [-0.39, 0.29) is 6.10 Å². The molecule has 1 aromatic carbocycles. The van der Waals surface area contributed by atoms with Gasteiger partial charge in [-0.05, 0) is 37.8 Å². The quantitative estimate of drug-likeness (QED) is 0.794. The third-order valence-corrected chi connectivity index (χ3v) is 3.07. The van der Waals surface area contributed by atoms with Crippen LogP contribution in [0.4, 0.5) is 0 Å². The normalized spacial score (nSPS) is 17.4. The zero-order valence-electron chi connectivity index (χ0n) is 10.2. The maximum Gasteiger partial charge on any atom is 0.0951 e. The van der Waals surface area contributed by atoms with Gasteiger partial charge in [0.15, 0.2) is 0 Å². The third kappa shape index (κ3) is 3.06. The van der Waals surface area contributed by atoms with Crippen molar-refractivity contribution in [2.75, 3.05) is 13.2 Å². The molecule has 1 aliphatic carbocycles. The molecule has 0 heterocycles. The Morgan fingerprint density at radius 2 is 2.12 bits per heavy atom. The molecule has 1 unspecified atom stereocenters. The summed E-state index contributed by atoms with van der Waals surface area (Å²) in [6.45, 7) is 5.91. The SMILES string of the molecule is CCOC(CNC1CC1)c1ccccc1C. The second kappa shape index (κ2) is 5.46. The molecule has 0 aromatic heterocycles. The zero-order valence-corrected chi connectivity index (χ0v) is 10.2. The summed E-state index contributed by atoms with van der Waals surface area (Å²) < 4.78 is 5.82. The molecule has 2 heteroatoms. The summed E-state index contributed by atoms with van der Waals surface area (Å²) in [5, 5.41) is 3.54. The maximum atomic E-state index is 5.82. The van der Waals surface area contributed by atoms with Crippen molar-refractivity contribution in [1.82, 2.24) is 5.32 Å². The maximum absolute atomic E-state index is 5.82. The molecular weight excluding hydrogens is 198 g/mol. The summed E-state index contributed by atoms with van der Waals surface area (Å²) in [5.41, 5.74) is 2.64. The number of benzene rings is 1. The Kier molecular flexibility index (Phi) is 3.97. The second-order valence-electron chi connectivity index (χ2n) is 4.48. The summed E-state index contributed by atoms with van der Waals surface area (Å²) in [6.07, 6.45) is 2.85. The zero-order chi connectivity index (χ0) is 11.4. The number of ether oxygens (including phenoxy) is 1. The Labute approximate surface area is 98.0 Å². The minimum Gasteiger partial charge on any atom is -0.372 e. The standard InChI is InChI=1S/C14H21NO/c1-3-16-14(10-15-12-8-9-12)13-7-5-4-6-11(13)2/h4-7,12,14-15H,3,8-10H2,1-2H3. The van der Waals surface area contributed by atoms with Crippen molar-refractivity contribution in [3.63, 3.8) is 0 Å². The highest BCUT2D eigenvalue weighted by Gasteiger charge is 2.23. The van der Waals surface area contributed by atoms with E-state index >= 15 is 0 Å². The lowest BCUT2D eigenvalue weighted by Crippen LogP contribution is -2.25. The molecule has 0 aliphatic heterocycles. The van der Waals surface area contributed by atoms with Crippen LogP contribution in [0.25, 0.3) is 0 Å². The van der Waals surface area contributed by atoms with Gasteiger partial charge in [-0.25, -0.2) is 0 Å². The first kappa shape index (κ1) is 11.6. The average molecular weight is 219 g/mol. The number of hydrogen-bond donors (Lipinski definition) is 1. The van der Waals surface area contributed by atoms with Crippen LogP contribution in [0.3, 0.4) is 0 Å². The van der Waals surface area contributed by atoms with Gasteiger partial charge < -0.3 is 10.1 Å². The predicted molar refractivity (Wildman–Crippen MR) is 66.6 cm³/mol. The van der Waals surface area contributed by atoms with Gasteiger partial charge in [0, 0.05) is 19.2 Å². The van der Waals surface area contributed by atoms with Crippen molar-refractivity contribution < 1.29 is 4.74 Å². The number of nitrogens with one attached hydrogen (secondary N) is 1. The van der Waals surface area contributed by atoms with Gasteiger partial charge in [0.05, 0.1) is 6.10 Å². The lowest BCUT2D eigenvalue weighted by atomic mass is 10.0. The smallest absolute Gasteiger partial charge is 0.0951 e. The van der Waals surface area contributed by atoms with Crippen LogP contribution >= 0.6 is 0 Å². The van der Waals surface area contributed by atoms with Gasteiger partial charge in [0.25, 0.3) is 0 Å². The highest BCUT2D eigenvalue weighted by atomic mass is 16.5. The van der Waals surface area contributed by atoms with Gasteiger partial charge in [0.1, 0.15) is 0 Å². The molecule has 1 saturated carbocycles. The van der Waals surface area contributed by atoms with E-state index in [0.29, 0.717) is 0 Å². The topological polar surface area (TPSA) is 21.3 Å². The van der Waals surface area contributed by atoms with E-state index in [2.05, 4.69) is 43.4 Å². The molecule has 0 spiro atoms. The second-order valence-corrected chi connectivity index (χ2v) is 4.48. The summed E-state index contributed by atoms with van der Waals surface area (Å²) in [7, 11) is 0. The lowest BCUT2D eigenvalue weighted by Gasteiger charge is -2.20. The van der Waals surface area contributed by atoms with Crippen LogP contribution in [0, 0.1) is 6.92 Å². The first-order valence-electron chi connectivity index (χ1n) is 6.21. The molecule has 2 nitrogen and oxygen atoms in total. The summed E-state index contributed by atoms with van der Waals surface area (Å²) in [5.74, 6) is 0. The van der Waals surface area contributed by atoms with Crippen LogP contribution < -0.4 is 5.32 Å². The van der Waals surface area contributed by atoms with Crippen LogP contribution in [0.15, 0.2) is 24.3 Å². The summed E-state index contributed by atoms with van der Waals surface area (Å²) in [4.78, 5) is 0. The van der Waals surface area contributed by atoms with Crippen molar-refractivity contribution in [3.8, 4) is 0 Å². The molecule has 2 rings (SSSR count). The molecule has 0 bridgehead atoms. The van der Waals surface area contributed by atoms with Gasteiger partial charge in [-0.15, -0.1) is 0 Å². The third-order valence-electron chi connectivity index (χ3n) is 3.07. The first-order valence-corrected chi connectivity index (χ1v) is 6.21. The number of aryl methyl sites for hydroxylation is 1. The van der Waals surface area contributed by atoms with E-state index in [4.69, 9.17) is 4.74 Å². The molecule has 1 aliphatic rings. The lowest BCUT2D eigenvalue weighted by molar-refractivity contribution is 0.0616. The Morgan fingerprint density at radius 1 is 1.38 bits per heavy atom. The van der Waals surface area contributed by atoms with Crippen molar-refractivity contribution in [1.29, 1.82) is 0 Å². The van der Waals surface area contributed by atoms with Gasteiger partial charge in [-0.2, -0.15) is 0 Å². The van der Waals surface area contributed by atoms with Crippen LogP contribution in [-0.2, 0) is 4.74 Å². The molecule has 0 amide bonds. The van der Waals surface area contributed by atoms with E-state index in [1.807, 2.05) is 0 Å². The monoisotopic (exact) mass is 219 g/mol.